The van der Waals surface area contributed by atoms with E-state index < -0.39 is 47.1 Å². The molecule has 0 unspecified atom stereocenters. The highest BCUT2D eigenvalue weighted by Gasteiger charge is 2.34. The van der Waals surface area contributed by atoms with Crippen LogP contribution in [0.5, 0.6) is 0 Å². The summed E-state index contributed by atoms with van der Waals surface area (Å²) < 4.78 is 66.0. The van der Waals surface area contributed by atoms with Crippen molar-refractivity contribution < 1.29 is 55.7 Å². The molecular formula is C21H34F4O8. The molecule has 0 N–H and O–H groups in total. The Morgan fingerprint density at radius 1 is 0.636 bits per heavy atom. The molecule has 0 spiro atoms. The molecule has 0 saturated heterocycles. The number of alkyl halides is 4. The van der Waals surface area contributed by atoms with Gasteiger partial charge in [-0.25, -0.2) is 9.59 Å². The zero-order chi connectivity index (χ0) is 26.5. The Morgan fingerprint density at radius 3 is 1.21 bits per heavy atom. The van der Waals surface area contributed by atoms with E-state index in [0.29, 0.717) is 19.8 Å². The highest BCUT2D eigenvalue weighted by atomic mass is 19.3. The van der Waals surface area contributed by atoms with Crippen molar-refractivity contribution in [1.29, 1.82) is 0 Å². The highest BCUT2D eigenvalue weighted by Crippen LogP contribution is 2.22. The molecule has 0 amide bonds. The summed E-state index contributed by atoms with van der Waals surface area (Å²) in [5.41, 5.74) is -1.24. The Morgan fingerprint density at radius 2 is 0.939 bits per heavy atom. The molecule has 0 radical (unpaired) electrons. The molecule has 0 fully saturated rings. The SMILES string of the molecule is CCC(C)(C)C(=O)OCCOC(=O)C(C)(F)F.CCC(C)(C)C(=O)OCCOC(=O)C(F)F. The fraction of sp³-hybridized carbons (Fsp3) is 0.810. The lowest BCUT2D eigenvalue weighted by atomic mass is 9.91. The topological polar surface area (TPSA) is 105 Å². The van der Waals surface area contributed by atoms with Crippen LogP contribution in [0.1, 0.15) is 61.3 Å². The maximum Gasteiger partial charge on any atom is 0.376 e. The van der Waals surface area contributed by atoms with Crippen molar-refractivity contribution in [1.82, 2.24) is 0 Å². The van der Waals surface area contributed by atoms with Gasteiger partial charge in [0.1, 0.15) is 26.4 Å². The molecule has 194 valence electrons. The number of rotatable bonds is 12. The van der Waals surface area contributed by atoms with Gasteiger partial charge < -0.3 is 18.9 Å². The Kier molecular flexibility index (Phi) is 14.6. The van der Waals surface area contributed by atoms with Crippen molar-refractivity contribution in [2.24, 2.45) is 10.8 Å². The number of esters is 4. The van der Waals surface area contributed by atoms with Crippen molar-refractivity contribution in [3.63, 3.8) is 0 Å². The van der Waals surface area contributed by atoms with Crippen LogP contribution in [-0.2, 0) is 38.1 Å². The lowest BCUT2D eigenvalue weighted by Gasteiger charge is -2.20. The van der Waals surface area contributed by atoms with E-state index in [-0.39, 0.29) is 26.4 Å². The van der Waals surface area contributed by atoms with Gasteiger partial charge in [0.15, 0.2) is 0 Å². The number of carbonyl (C=O) groups excluding carboxylic acids is 4. The van der Waals surface area contributed by atoms with Crippen molar-refractivity contribution in [3.8, 4) is 0 Å². The molecule has 33 heavy (non-hydrogen) atoms. The van der Waals surface area contributed by atoms with Crippen LogP contribution in [0.2, 0.25) is 0 Å². The Bertz CT molecular complexity index is 643. The summed E-state index contributed by atoms with van der Waals surface area (Å²) >= 11 is 0. The second kappa shape index (κ2) is 14.7. The third kappa shape index (κ3) is 14.4. The monoisotopic (exact) mass is 490 g/mol. The summed E-state index contributed by atoms with van der Waals surface area (Å²) in [6.07, 6.45) is -1.95. The van der Waals surface area contributed by atoms with Gasteiger partial charge >= 0.3 is 36.2 Å². The molecule has 8 nitrogen and oxygen atoms in total. The van der Waals surface area contributed by atoms with Crippen molar-refractivity contribution in [2.45, 2.75) is 73.7 Å². The minimum absolute atomic E-state index is 0.208. The lowest BCUT2D eigenvalue weighted by molar-refractivity contribution is -0.173. The van der Waals surface area contributed by atoms with Gasteiger partial charge in [-0.1, -0.05) is 13.8 Å². The van der Waals surface area contributed by atoms with Gasteiger partial charge in [-0.05, 0) is 40.5 Å². The van der Waals surface area contributed by atoms with Crippen LogP contribution in [0.15, 0.2) is 0 Å². The van der Waals surface area contributed by atoms with Crippen LogP contribution in [0.4, 0.5) is 17.6 Å². The second-order valence-electron chi connectivity index (χ2n) is 8.24. The molecule has 0 aliphatic heterocycles. The maximum atomic E-state index is 12.4. The van der Waals surface area contributed by atoms with Crippen LogP contribution in [0, 0.1) is 10.8 Å². The summed E-state index contributed by atoms with van der Waals surface area (Å²) in [4.78, 5) is 43.8. The Hall–Kier alpha value is -2.40. The zero-order valence-corrected chi connectivity index (χ0v) is 20.1. The predicted octanol–water partition coefficient (Wildman–Crippen LogP) is 3.94. The standard InChI is InChI=1S/C11H18F2O4.C10H16F2O4/c1-5-10(2,3)8(14)16-6-7-17-9(15)11(4,12)13;1-4-10(2,3)9(14)16-6-5-15-8(13)7(11)12/h5-7H2,1-4H3;7H,4-6H2,1-3H3. The Labute approximate surface area is 191 Å². The van der Waals surface area contributed by atoms with E-state index in [1.165, 1.54) is 0 Å². The summed E-state index contributed by atoms with van der Waals surface area (Å²) in [5, 5.41) is 0. The number of ether oxygens (including phenoxy) is 4. The normalized spacial score (nSPS) is 11.8. The van der Waals surface area contributed by atoms with E-state index in [9.17, 15) is 36.7 Å². The number of hydrogen-bond donors (Lipinski definition) is 0. The molecule has 0 rings (SSSR count). The lowest BCUT2D eigenvalue weighted by Crippen LogP contribution is -2.30. The fourth-order valence-electron chi connectivity index (χ4n) is 1.41. The van der Waals surface area contributed by atoms with Crippen molar-refractivity contribution >= 4 is 23.9 Å². The average Bonchev–Trinajstić information content (AvgIpc) is 2.72. The number of halogens is 4. The smallest absolute Gasteiger partial charge is 0.376 e. The van der Waals surface area contributed by atoms with Crippen LogP contribution in [0.3, 0.4) is 0 Å². The van der Waals surface area contributed by atoms with E-state index in [1.54, 1.807) is 27.7 Å². The van der Waals surface area contributed by atoms with E-state index in [1.807, 2.05) is 13.8 Å². The third-order valence-corrected chi connectivity index (χ3v) is 4.52. The molecule has 0 aromatic rings. The van der Waals surface area contributed by atoms with E-state index >= 15 is 0 Å². The minimum Gasteiger partial charge on any atom is -0.462 e. The summed E-state index contributed by atoms with van der Waals surface area (Å²) in [5.74, 6) is -7.64. The third-order valence-electron chi connectivity index (χ3n) is 4.52. The van der Waals surface area contributed by atoms with E-state index in [4.69, 9.17) is 9.47 Å². The van der Waals surface area contributed by atoms with Crippen molar-refractivity contribution in [3.05, 3.63) is 0 Å². The van der Waals surface area contributed by atoms with Gasteiger partial charge in [0.05, 0.1) is 10.8 Å². The molecule has 0 saturated carbocycles. The van der Waals surface area contributed by atoms with Gasteiger partial charge in [0.2, 0.25) is 0 Å². The zero-order valence-electron chi connectivity index (χ0n) is 20.1. The first-order valence-corrected chi connectivity index (χ1v) is 10.3. The van der Waals surface area contributed by atoms with Gasteiger partial charge in [-0.2, -0.15) is 17.6 Å². The first-order valence-electron chi connectivity index (χ1n) is 10.3. The second-order valence-corrected chi connectivity index (χ2v) is 8.24. The molecular weight excluding hydrogens is 456 g/mol. The first-order chi connectivity index (χ1) is 14.9. The molecule has 0 aromatic heterocycles. The molecule has 0 atom stereocenters. The minimum atomic E-state index is -3.52. The van der Waals surface area contributed by atoms with Crippen LogP contribution in [0.25, 0.3) is 0 Å². The quantitative estimate of drug-likeness (QED) is 0.175. The van der Waals surface area contributed by atoms with Crippen LogP contribution >= 0.6 is 0 Å². The summed E-state index contributed by atoms with van der Waals surface area (Å²) in [7, 11) is 0. The van der Waals surface area contributed by atoms with E-state index in [2.05, 4.69) is 9.47 Å². The average molecular weight is 490 g/mol. The maximum absolute atomic E-state index is 12.4. The number of carbonyl (C=O) groups is 4. The molecule has 12 heteroatoms. The first kappa shape index (κ1) is 32.8. The fourth-order valence-corrected chi connectivity index (χ4v) is 1.41. The molecule has 0 aliphatic carbocycles. The molecule has 0 aliphatic rings. The van der Waals surface area contributed by atoms with E-state index in [0.717, 1.165) is 0 Å². The van der Waals surface area contributed by atoms with Crippen LogP contribution in [-0.4, -0.2) is 62.7 Å². The summed E-state index contributed by atoms with van der Waals surface area (Å²) in [6, 6.07) is 0. The molecule has 0 bridgehead atoms. The molecule has 0 aromatic carbocycles. The van der Waals surface area contributed by atoms with Gasteiger partial charge in [0.25, 0.3) is 0 Å². The number of hydrogen-bond acceptors (Lipinski definition) is 8. The van der Waals surface area contributed by atoms with Crippen molar-refractivity contribution in [2.75, 3.05) is 26.4 Å². The summed E-state index contributed by atoms with van der Waals surface area (Å²) in [6.45, 7) is 9.80. The van der Waals surface area contributed by atoms with Crippen LogP contribution < -0.4 is 0 Å². The largest absolute Gasteiger partial charge is 0.462 e. The van der Waals surface area contributed by atoms with Gasteiger partial charge in [-0.3, -0.25) is 9.59 Å². The predicted molar refractivity (Wildman–Crippen MR) is 109 cm³/mol. The van der Waals surface area contributed by atoms with Gasteiger partial charge in [0, 0.05) is 6.92 Å². The Balaban J connectivity index is 0. The molecule has 0 heterocycles. The van der Waals surface area contributed by atoms with Gasteiger partial charge in [-0.15, -0.1) is 0 Å². The highest BCUT2D eigenvalue weighted by molar-refractivity contribution is 5.77.